The zero-order valence-corrected chi connectivity index (χ0v) is 19.4. The van der Waals surface area contributed by atoms with Crippen LogP contribution in [0.1, 0.15) is 54.3 Å². The van der Waals surface area contributed by atoms with Gasteiger partial charge in [-0.2, -0.15) is 37.0 Å². The number of hydrogen-bond donors (Lipinski definition) is 2. The minimum absolute atomic E-state index is 0.106. The topological polar surface area (TPSA) is 81.7 Å². The summed E-state index contributed by atoms with van der Waals surface area (Å²) in [6.45, 7) is 2.29. The van der Waals surface area contributed by atoms with Crippen LogP contribution in [0.15, 0.2) is 24.3 Å². The molecule has 3 aromatic rings. The van der Waals surface area contributed by atoms with Gasteiger partial charge < -0.3 is 11.1 Å². The third kappa shape index (κ3) is 3.96. The molecule has 2 aromatic heterocycles. The van der Waals surface area contributed by atoms with E-state index in [2.05, 4.69) is 20.4 Å². The number of aryl methyl sites for hydroxylation is 1. The molecule has 192 valence electrons. The molecule has 1 aromatic carbocycles. The van der Waals surface area contributed by atoms with Gasteiger partial charge in [0, 0.05) is 23.9 Å². The van der Waals surface area contributed by atoms with Gasteiger partial charge in [0.2, 0.25) is 0 Å². The molecule has 1 aliphatic heterocycles. The number of aromatic nitrogens is 4. The number of fused-ring (bicyclic) bond motifs is 2. The Balaban J connectivity index is 1.53. The third-order valence-corrected chi connectivity index (χ3v) is 7.09. The van der Waals surface area contributed by atoms with Gasteiger partial charge in [-0.15, -0.1) is 0 Å². The quantitative estimate of drug-likeness (QED) is 0.466. The van der Waals surface area contributed by atoms with Crippen molar-refractivity contribution in [3.8, 4) is 5.95 Å². The standard InChI is InChI=1S/C24H24F6N6/c1-22(13-5-4-6-14(25)11-13)12-32-20-18(22)19(31)33-21(34-20)36-17-8-3-2-7-15(17)16(35-36)9-10-23(26,27)24(28,29)30/h4-6,11H,2-3,7-10,12H2,1H3,(H3,31,32,33,34). The number of nitrogens with one attached hydrogen (secondary N) is 1. The molecule has 0 saturated heterocycles. The van der Waals surface area contributed by atoms with E-state index < -0.39 is 30.4 Å². The number of benzene rings is 1. The number of hydrogen-bond acceptors (Lipinski definition) is 5. The van der Waals surface area contributed by atoms with Crippen LogP contribution in [0.25, 0.3) is 5.95 Å². The SMILES string of the molecule is CC1(c2cccc(F)c2)CNc2nc(-n3nc(CCC(F)(F)C(F)(F)F)c4c3CCCC4)nc(N)c21. The van der Waals surface area contributed by atoms with Gasteiger partial charge in [0.05, 0.1) is 11.4 Å². The maximum absolute atomic E-state index is 13.9. The Morgan fingerprint density at radius 3 is 2.58 bits per heavy atom. The molecule has 1 unspecified atom stereocenters. The molecule has 5 rings (SSSR count). The van der Waals surface area contributed by atoms with Gasteiger partial charge in [0.15, 0.2) is 0 Å². The molecule has 0 saturated carbocycles. The molecule has 6 nitrogen and oxygen atoms in total. The van der Waals surface area contributed by atoms with Gasteiger partial charge in [-0.25, -0.2) is 9.07 Å². The lowest BCUT2D eigenvalue weighted by molar-refractivity contribution is -0.284. The minimum Gasteiger partial charge on any atom is -0.383 e. The smallest absolute Gasteiger partial charge is 0.383 e. The predicted molar refractivity (Wildman–Crippen MR) is 121 cm³/mol. The van der Waals surface area contributed by atoms with Crippen molar-refractivity contribution in [1.82, 2.24) is 19.7 Å². The molecule has 0 bridgehead atoms. The summed E-state index contributed by atoms with van der Waals surface area (Å²) in [7, 11) is 0. The van der Waals surface area contributed by atoms with E-state index in [-0.39, 0.29) is 23.3 Å². The lowest BCUT2D eigenvalue weighted by atomic mass is 9.78. The van der Waals surface area contributed by atoms with Gasteiger partial charge in [0.1, 0.15) is 17.5 Å². The molecule has 12 heteroatoms. The molecule has 0 spiro atoms. The first-order chi connectivity index (χ1) is 16.9. The Morgan fingerprint density at radius 1 is 1.11 bits per heavy atom. The molecule has 1 atom stereocenters. The average molecular weight is 510 g/mol. The van der Waals surface area contributed by atoms with Gasteiger partial charge in [0.25, 0.3) is 5.95 Å². The number of anilines is 2. The second-order valence-corrected chi connectivity index (χ2v) is 9.52. The highest BCUT2D eigenvalue weighted by Crippen LogP contribution is 2.44. The summed E-state index contributed by atoms with van der Waals surface area (Å²) < 4.78 is 80.6. The van der Waals surface area contributed by atoms with Crippen LogP contribution in [0.5, 0.6) is 0 Å². The first kappa shape index (κ1) is 24.4. The van der Waals surface area contributed by atoms with Crippen molar-refractivity contribution < 1.29 is 26.3 Å². The van der Waals surface area contributed by atoms with Crippen molar-refractivity contribution in [3.05, 3.63) is 58.2 Å². The first-order valence-electron chi connectivity index (χ1n) is 11.6. The normalized spacial score (nSPS) is 19.6. The van der Waals surface area contributed by atoms with Gasteiger partial charge >= 0.3 is 12.1 Å². The summed E-state index contributed by atoms with van der Waals surface area (Å²) in [5.41, 5.74) is 8.50. The molecule has 2 aliphatic rings. The van der Waals surface area contributed by atoms with E-state index >= 15 is 0 Å². The van der Waals surface area contributed by atoms with Crippen molar-refractivity contribution >= 4 is 11.6 Å². The van der Waals surface area contributed by atoms with Crippen LogP contribution in [0.2, 0.25) is 0 Å². The lowest BCUT2D eigenvalue weighted by Crippen LogP contribution is -2.36. The average Bonchev–Trinajstić information content (AvgIpc) is 3.36. The number of rotatable bonds is 5. The molecule has 0 radical (unpaired) electrons. The van der Waals surface area contributed by atoms with Gasteiger partial charge in [-0.3, -0.25) is 0 Å². The van der Waals surface area contributed by atoms with E-state index in [0.29, 0.717) is 47.6 Å². The summed E-state index contributed by atoms with van der Waals surface area (Å²) in [6.07, 6.45) is -4.85. The maximum atomic E-state index is 13.9. The number of halogens is 6. The number of nitrogens with zero attached hydrogens (tertiary/aromatic N) is 4. The van der Waals surface area contributed by atoms with Crippen LogP contribution in [-0.2, 0) is 24.7 Å². The molecule has 3 heterocycles. The van der Waals surface area contributed by atoms with Crippen molar-refractivity contribution in [2.75, 3.05) is 17.6 Å². The fourth-order valence-electron chi connectivity index (χ4n) is 5.12. The molecule has 0 amide bonds. The van der Waals surface area contributed by atoms with Crippen LogP contribution >= 0.6 is 0 Å². The van der Waals surface area contributed by atoms with E-state index in [1.807, 2.05) is 6.92 Å². The fraction of sp³-hybridized carbons (Fsp3) is 0.458. The molecule has 36 heavy (non-hydrogen) atoms. The largest absolute Gasteiger partial charge is 0.453 e. The zero-order valence-electron chi connectivity index (χ0n) is 19.4. The minimum atomic E-state index is -5.62. The summed E-state index contributed by atoms with van der Waals surface area (Å²) >= 11 is 0. The van der Waals surface area contributed by atoms with Crippen LogP contribution < -0.4 is 11.1 Å². The van der Waals surface area contributed by atoms with Gasteiger partial charge in [-0.05, 0) is 62.3 Å². The van der Waals surface area contributed by atoms with Crippen molar-refractivity contribution in [2.24, 2.45) is 0 Å². The Kier molecular flexibility index (Phi) is 5.68. The number of nitrogen functional groups attached to an aromatic ring is 1. The Morgan fingerprint density at radius 2 is 1.86 bits per heavy atom. The summed E-state index contributed by atoms with van der Waals surface area (Å²) in [5.74, 6) is -4.50. The van der Waals surface area contributed by atoms with E-state index in [0.717, 1.165) is 12.8 Å². The van der Waals surface area contributed by atoms with Gasteiger partial charge in [-0.1, -0.05) is 12.1 Å². The van der Waals surface area contributed by atoms with Crippen LogP contribution in [0.3, 0.4) is 0 Å². The number of alkyl halides is 5. The van der Waals surface area contributed by atoms with Crippen LogP contribution in [0.4, 0.5) is 38.0 Å². The molecular weight excluding hydrogens is 486 g/mol. The molecule has 1 aliphatic carbocycles. The highest BCUT2D eigenvalue weighted by Gasteiger charge is 2.56. The van der Waals surface area contributed by atoms with E-state index in [9.17, 15) is 26.3 Å². The zero-order chi connectivity index (χ0) is 25.9. The summed E-state index contributed by atoms with van der Waals surface area (Å²) in [5, 5.41) is 7.57. The third-order valence-electron chi connectivity index (χ3n) is 7.09. The van der Waals surface area contributed by atoms with Crippen LogP contribution in [-0.4, -0.2) is 38.4 Å². The lowest BCUT2D eigenvalue weighted by Gasteiger charge is -2.25. The summed E-state index contributed by atoms with van der Waals surface area (Å²) in [4.78, 5) is 9.01. The highest BCUT2D eigenvalue weighted by molar-refractivity contribution is 5.68. The Bertz CT molecular complexity index is 1320. The fourth-order valence-corrected chi connectivity index (χ4v) is 5.12. The summed E-state index contributed by atoms with van der Waals surface area (Å²) in [6, 6.07) is 6.18. The van der Waals surface area contributed by atoms with Crippen LogP contribution in [0, 0.1) is 5.82 Å². The highest BCUT2D eigenvalue weighted by atomic mass is 19.4. The monoisotopic (exact) mass is 510 g/mol. The molecular formula is C24H24F6N6. The van der Waals surface area contributed by atoms with Crippen molar-refractivity contribution in [3.63, 3.8) is 0 Å². The molecule has 3 N–H and O–H groups in total. The second-order valence-electron chi connectivity index (χ2n) is 9.52. The van der Waals surface area contributed by atoms with E-state index in [1.165, 1.54) is 16.8 Å². The Hall–Kier alpha value is -3.31. The Labute approximate surface area is 202 Å². The predicted octanol–water partition coefficient (Wildman–Crippen LogP) is 5.12. The van der Waals surface area contributed by atoms with E-state index in [4.69, 9.17) is 5.73 Å². The second kappa shape index (κ2) is 8.38. The van der Waals surface area contributed by atoms with Crippen molar-refractivity contribution in [2.45, 2.75) is 63.0 Å². The first-order valence-corrected chi connectivity index (χ1v) is 11.6. The number of nitrogens with two attached hydrogens (primary N) is 1. The molecule has 0 fully saturated rings. The maximum Gasteiger partial charge on any atom is 0.453 e. The van der Waals surface area contributed by atoms with Crippen molar-refractivity contribution in [1.29, 1.82) is 0 Å². The van der Waals surface area contributed by atoms with E-state index in [1.54, 1.807) is 12.1 Å².